The zero-order chi connectivity index (χ0) is 37.4. The van der Waals surface area contributed by atoms with Gasteiger partial charge in [0.1, 0.15) is 35.4 Å². The molecule has 0 saturated carbocycles. The highest BCUT2D eigenvalue weighted by molar-refractivity contribution is 5.71. The van der Waals surface area contributed by atoms with Gasteiger partial charge in [0.25, 0.3) is 5.56 Å². The quantitative estimate of drug-likeness (QED) is 0.0651. The fourth-order valence-corrected chi connectivity index (χ4v) is 6.63. The highest BCUT2D eigenvalue weighted by atomic mass is 16.6. The summed E-state index contributed by atoms with van der Waals surface area (Å²) in [6, 6.07) is 25.0. The van der Waals surface area contributed by atoms with E-state index in [4.69, 9.17) is 18.9 Å². The van der Waals surface area contributed by atoms with Gasteiger partial charge in [0.05, 0.1) is 33.5 Å². The van der Waals surface area contributed by atoms with Gasteiger partial charge in [-0.3, -0.25) is 14.3 Å². The molecule has 53 heavy (non-hydrogen) atoms. The predicted octanol–water partition coefficient (Wildman–Crippen LogP) is 5.33. The zero-order valence-corrected chi connectivity index (χ0v) is 30.6. The average molecular weight is 725 g/mol. The van der Waals surface area contributed by atoms with Crippen LogP contribution in [0.15, 0.2) is 95.0 Å². The maximum Gasteiger partial charge on any atom is 0.280 e. The van der Waals surface area contributed by atoms with E-state index >= 15 is 0 Å². The zero-order valence-electron chi connectivity index (χ0n) is 30.6. The smallest absolute Gasteiger partial charge is 0.280 e. The first-order valence-corrected chi connectivity index (χ1v) is 18.1. The summed E-state index contributed by atoms with van der Waals surface area (Å²) < 4.78 is 25.6. The minimum Gasteiger partial charge on any atom is -0.497 e. The Kier molecular flexibility index (Phi) is 12.2. The Morgan fingerprint density at radius 2 is 1.47 bits per heavy atom. The molecular formula is C40H48N6O7. The van der Waals surface area contributed by atoms with Crippen LogP contribution in [0, 0.1) is 0 Å². The van der Waals surface area contributed by atoms with Crippen molar-refractivity contribution in [2.45, 2.75) is 69.7 Å². The SMILES string of the molecule is CCCCN(C=Nc1nc2c(ncn2[C@H]2O[C@@H](COC(c3ccccc3)(c3ccc(OC)cc3)c3ccc(OC)cc3)[C@H](O)[C@@H]2O)c(=O)[nH]1)CCCC. The van der Waals surface area contributed by atoms with Crippen LogP contribution in [0.5, 0.6) is 11.5 Å². The average Bonchev–Trinajstić information content (AvgIpc) is 3.75. The standard InChI is InChI=1S/C40H48N6O7/c1-5-7-22-45(23-8-6-2)25-42-39-43-36-33(37(49)44-39)41-26-46(36)38-35(48)34(47)32(53-38)24-52-40(27-12-10-9-11-13-27,28-14-18-30(50-3)19-15-28)29-16-20-31(51-4)21-17-29/h9-21,25-26,32,34-35,38,47-48H,5-8,22-24H2,1-4H3,(H,43,44,49)/t32-,34-,35-,38-/m0/s1. The van der Waals surface area contributed by atoms with Crippen LogP contribution in [0.25, 0.3) is 11.2 Å². The molecule has 280 valence electrons. The number of nitrogens with zero attached hydrogens (tertiary/aromatic N) is 5. The molecule has 1 aliphatic rings. The fourth-order valence-electron chi connectivity index (χ4n) is 6.63. The van der Waals surface area contributed by atoms with Crippen molar-refractivity contribution in [2.24, 2.45) is 4.99 Å². The van der Waals surface area contributed by atoms with Gasteiger partial charge >= 0.3 is 0 Å². The summed E-state index contributed by atoms with van der Waals surface area (Å²) in [5.41, 5.74) is 1.03. The number of aliphatic imine (C=N–C) groups is 1. The Morgan fingerprint density at radius 1 is 0.887 bits per heavy atom. The lowest BCUT2D eigenvalue weighted by molar-refractivity contribution is -0.0942. The van der Waals surface area contributed by atoms with Gasteiger partial charge in [-0.05, 0) is 53.8 Å². The Bertz CT molecular complexity index is 1940. The van der Waals surface area contributed by atoms with Gasteiger partial charge in [0.15, 0.2) is 17.4 Å². The molecule has 3 N–H and O–H groups in total. The van der Waals surface area contributed by atoms with Gasteiger partial charge in [-0.25, -0.2) is 9.98 Å². The van der Waals surface area contributed by atoms with Crippen LogP contribution in [0.4, 0.5) is 5.95 Å². The van der Waals surface area contributed by atoms with E-state index in [1.54, 1.807) is 20.6 Å². The van der Waals surface area contributed by atoms with E-state index in [-0.39, 0.29) is 23.7 Å². The summed E-state index contributed by atoms with van der Waals surface area (Å²) in [6.07, 6.45) is 2.39. The van der Waals surface area contributed by atoms with Crippen molar-refractivity contribution in [3.63, 3.8) is 0 Å². The van der Waals surface area contributed by atoms with Crippen molar-refractivity contribution in [1.29, 1.82) is 0 Å². The summed E-state index contributed by atoms with van der Waals surface area (Å²) in [5, 5.41) is 22.8. The summed E-state index contributed by atoms with van der Waals surface area (Å²) >= 11 is 0. The van der Waals surface area contributed by atoms with Gasteiger partial charge in [0, 0.05) is 13.1 Å². The van der Waals surface area contributed by atoms with Crippen LogP contribution < -0.4 is 15.0 Å². The third-order valence-corrected chi connectivity index (χ3v) is 9.61. The summed E-state index contributed by atoms with van der Waals surface area (Å²) in [5.74, 6) is 1.47. The first-order valence-electron chi connectivity index (χ1n) is 18.1. The summed E-state index contributed by atoms with van der Waals surface area (Å²) in [4.78, 5) is 31.2. The Balaban J connectivity index is 1.32. The van der Waals surface area contributed by atoms with Crippen LogP contribution >= 0.6 is 0 Å². The number of nitrogens with one attached hydrogen (secondary N) is 1. The number of imidazole rings is 1. The molecule has 0 amide bonds. The van der Waals surface area contributed by atoms with Crippen LogP contribution in [0.1, 0.15) is 62.4 Å². The molecule has 0 unspecified atom stereocenters. The lowest BCUT2D eigenvalue weighted by Crippen LogP contribution is -2.39. The van der Waals surface area contributed by atoms with Gasteiger partial charge in [-0.1, -0.05) is 81.3 Å². The molecule has 1 saturated heterocycles. The van der Waals surface area contributed by atoms with Gasteiger partial charge in [-0.15, -0.1) is 0 Å². The molecule has 0 radical (unpaired) electrons. The Morgan fingerprint density at radius 3 is 2.04 bits per heavy atom. The van der Waals surface area contributed by atoms with E-state index in [0.717, 1.165) is 55.5 Å². The molecule has 13 heteroatoms. The number of aliphatic hydroxyl groups excluding tert-OH is 2. The van der Waals surface area contributed by atoms with E-state index < -0.39 is 35.7 Å². The Labute approximate surface area is 308 Å². The van der Waals surface area contributed by atoms with Crippen molar-refractivity contribution in [3.05, 3.63) is 112 Å². The maximum absolute atomic E-state index is 13.1. The van der Waals surface area contributed by atoms with E-state index in [0.29, 0.717) is 11.5 Å². The predicted molar refractivity (Wildman–Crippen MR) is 202 cm³/mol. The van der Waals surface area contributed by atoms with Gasteiger partial charge in [0.2, 0.25) is 5.95 Å². The molecule has 1 fully saturated rings. The molecule has 4 atom stereocenters. The molecule has 3 aromatic carbocycles. The number of methoxy groups -OCH3 is 2. The first-order chi connectivity index (χ1) is 25.8. The van der Waals surface area contributed by atoms with E-state index in [1.165, 1.54) is 10.9 Å². The van der Waals surface area contributed by atoms with Crippen LogP contribution in [0.2, 0.25) is 0 Å². The summed E-state index contributed by atoms with van der Waals surface area (Å²) in [7, 11) is 3.22. The monoisotopic (exact) mass is 724 g/mol. The van der Waals surface area contributed by atoms with Gasteiger partial charge in [-0.2, -0.15) is 4.98 Å². The molecule has 5 aromatic rings. The highest BCUT2D eigenvalue weighted by Gasteiger charge is 2.47. The molecule has 2 aromatic heterocycles. The molecule has 3 heterocycles. The fraction of sp³-hybridized carbons (Fsp3) is 0.400. The minimum atomic E-state index is -1.39. The van der Waals surface area contributed by atoms with Crippen molar-refractivity contribution in [1.82, 2.24) is 24.4 Å². The summed E-state index contributed by atoms with van der Waals surface area (Å²) in [6.45, 7) is 5.84. The molecule has 1 aliphatic heterocycles. The van der Waals surface area contributed by atoms with E-state index in [9.17, 15) is 15.0 Å². The second kappa shape index (κ2) is 17.2. The number of aliphatic hydroxyl groups is 2. The first kappa shape index (κ1) is 37.7. The van der Waals surface area contributed by atoms with E-state index in [2.05, 4.69) is 38.7 Å². The number of benzene rings is 3. The number of aromatic nitrogens is 4. The molecule has 6 rings (SSSR count). The number of H-pyrrole nitrogens is 1. The number of aromatic amines is 1. The third kappa shape index (κ3) is 7.98. The largest absolute Gasteiger partial charge is 0.497 e. The second-order valence-electron chi connectivity index (χ2n) is 13.1. The molecular weight excluding hydrogens is 676 g/mol. The maximum atomic E-state index is 13.1. The number of fused-ring (bicyclic) bond motifs is 1. The van der Waals surface area contributed by atoms with E-state index in [1.807, 2.05) is 78.9 Å². The minimum absolute atomic E-state index is 0.0601. The molecule has 0 spiro atoms. The van der Waals surface area contributed by atoms with Gasteiger partial charge < -0.3 is 34.1 Å². The molecule has 13 nitrogen and oxygen atoms in total. The number of hydrogen-bond donors (Lipinski definition) is 3. The molecule has 0 aliphatic carbocycles. The number of unbranched alkanes of at least 4 members (excludes halogenated alkanes) is 2. The topological polar surface area (TPSA) is 157 Å². The lowest BCUT2D eigenvalue weighted by Gasteiger charge is -2.37. The lowest BCUT2D eigenvalue weighted by atomic mass is 9.80. The second-order valence-corrected chi connectivity index (χ2v) is 13.1. The van der Waals surface area contributed by atoms with Crippen molar-refractivity contribution < 1.29 is 29.2 Å². The molecule has 0 bridgehead atoms. The number of ether oxygens (including phenoxy) is 4. The van der Waals surface area contributed by atoms with Crippen molar-refractivity contribution >= 4 is 23.5 Å². The van der Waals surface area contributed by atoms with Crippen LogP contribution in [0.3, 0.4) is 0 Å². The van der Waals surface area contributed by atoms with Crippen LogP contribution in [-0.4, -0.2) is 93.2 Å². The Hall–Kier alpha value is -5.08. The number of rotatable bonds is 17. The number of hydrogen-bond acceptors (Lipinski definition) is 10. The third-order valence-electron chi connectivity index (χ3n) is 9.61. The van der Waals surface area contributed by atoms with Crippen molar-refractivity contribution in [2.75, 3.05) is 33.9 Å². The van der Waals surface area contributed by atoms with Crippen LogP contribution in [-0.2, 0) is 15.1 Å². The highest BCUT2D eigenvalue weighted by Crippen LogP contribution is 2.43. The van der Waals surface area contributed by atoms with Crippen molar-refractivity contribution in [3.8, 4) is 11.5 Å². The normalized spacial score (nSPS) is 18.9.